The van der Waals surface area contributed by atoms with Crippen molar-refractivity contribution in [3.63, 3.8) is 0 Å². The fraction of sp³-hybridized carbons (Fsp3) is 0.105. The van der Waals surface area contributed by atoms with Crippen molar-refractivity contribution in [2.24, 2.45) is 0 Å². The third-order valence-corrected chi connectivity index (χ3v) is 4.37. The summed E-state index contributed by atoms with van der Waals surface area (Å²) in [5.74, 6) is 0.910. The Morgan fingerprint density at radius 2 is 2.04 bits per heavy atom. The van der Waals surface area contributed by atoms with E-state index in [1.807, 2.05) is 30.3 Å². The van der Waals surface area contributed by atoms with Crippen LogP contribution in [-0.2, 0) is 11.4 Å². The normalized spacial score (nSPS) is 10.7. The molecule has 2 aromatic carbocycles. The Morgan fingerprint density at radius 3 is 2.74 bits per heavy atom. The molecule has 3 aromatic rings. The van der Waals surface area contributed by atoms with E-state index < -0.39 is 0 Å². The van der Waals surface area contributed by atoms with Gasteiger partial charge in [-0.25, -0.2) is 0 Å². The van der Waals surface area contributed by atoms with Crippen molar-refractivity contribution in [1.29, 1.82) is 0 Å². The predicted molar refractivity (Wildman–Crippen MR) is 106 cm³/mol. The molecular weight excluding hydrogens is 386 g/mol. The topological polar surface area (TPSA) is 73.3 Å². The first-order valence-corrected chi connectivity index (χ1v) is 9.20. The smallest absolute Gasteiger partial charge is 0.250 e. The second-order valence-electron chi connectivity index (χ2n) is 5.39. The molecule has 0 fully saturated rings. The zero-order valence-electron chi connectivity index (χ0n) is 14.4. The van der Waals surface area contributed by atoms with Crippen LogP contribution in [-0.4, -0.2) is 23.2 Å². The lowest BCUT2D eigenvalue weighted by atomic mass is 10.2. The Bertz CT molecular complexity index is 928. The third kappa shape index (κ3) is 5.54. The molecule has 0 bridgehead atoms. The molecule has 0 aliphatic heterocycles. The summed E-state index contributed by atoms with van der Waals surface area (Å²) >= 11 is 7.14. The van der Waals surface area contributed by atoms with Crippen LogP contribution >= 0.6 is 22.9 Å². The summed E-state index contributed by atoms with van der Waals surface area (Å²) in [5.41, 5.74) is 3.35. The number of carbonyl (C=O) groups is 1. The van der Waals surface area contributed by atoms with Crippen LogP contribution in [0.15, 0.2) is 54.1 Å². The number of amides is 1. The van der Waals surface area contributed by atoms with Crippen molar-refractivity contribution in [2.45, 2.75) is 6.61 Å². The van der Waals surface area contributed by atoms with Crippen LogP contribution in [0.3, 0.4) is 0 Å². The zero-order valence-corrected chi connectivity index (χ0v) is 16.0. The van der Waals surface area contributed by atoms with E-state index >= 15 is 0 Å². The maximum atomic E-state index is 11.9. The van der Waals surface area contributed by atoms with Crippen LogP contribution < -0.4 is 14.8 Å². The second kappa shape index (κ2) is 9.16. The Kier molecular flexibility index (Phi) is 6.40. The number of hydrogen-bond donors (Lipinski definition) is 1. The molecule has 0 aliphatic rings. The van der Waals surface area contributed by atoms with Gasteiger partial charge in [-0.2, -0.15) is 0 Å². The predicted octanol–water partition coefficient (Wildman–Crippen LogP) is 4.43. The van der Waals surface area contributed by atoms with Crippen molar-refractivity contribution in [3.05, 3.63) is 70.2 Å². The first-order valence-electron chi connectivity index (χ1n) is 7.94. The maximum absolute atomic E-state index is 11.9. The molecule has 8 heteroatoms. The molecule has 6 nitrogen and oxygen atoms in total. The van der Waals surface area contributed by atoms with Crippen molar-refractivity contribution in [1.82, 2.24) is 10.2 Å². The first kappa shape index (κ1) is 18.9. The lowest BCUT2D eigenvalue weighted by molar-refractivity contribution is -0.111. The molecule has 0 saturated heterocycles. The summed E-state index contributed by atoms with van der Waals surface area (Å²) in [6, 6.07) is 12.9. The van der Waals surface area contributed by atoms with E-state index in [2.05, 4.69) is 15.5 Å². The van der Waals surface area contributed by atoms with Crippen LogP contribution in [0.4, 0.5) is 5.13 Å². The largest absolute Gasteiger partial charge is 0.493 e. The number of carbonyl (C=O) groups excluding carboxylic acids is 1. The summed E-state index contributed by atoms with van der Waals surface area (Å²) in [7, 11) is 1.57. The van der Waals surface area contributed by atoms with Crippen molar-refractivity contribution in [3.8, 4) is 11.5 Å². The van der Waals surface area contributed by atoms with Gasteiger partial charge in [-0.05, 0) is 41.5 Å². The van der Waals surface area contributed by atoms with E-state index in [0.717, 1.165) is 11.1 Å². The highest BCUT2D eigenvalue weighted by atomic mass is 35.5. The number of benzene rings is 2. The summed E-state index contributed by atoms with van der Waals surface area (Å²) in [5, 5.41) is 11.2. The van der Waals surface area contributed by atoms with E-state index in [0.29, 0.717) is 28.3 Å². The van der Waals surface area contributed by atoms with Gasteiger partial charge in [0.15, 0.2) is 11.5 Å². The number of anilines is 1. The maximum Gasteiger partial charge on any atom is 0.250 e. The zero-order chi connectivity index (χ0) is 19.1. The highest BCUT2D eigenvalue weighted by Crippen LogP contribution is 2.29. The van der Waals surface area contributed by atoms with Gasteiger partial charge in [0.1, 0.15) is 12.1 Å². The summed E-state index contributed by atoms with van der Waals surface area (Å²) in [4.78, 5) is 11.9. The Balaban J connectivity index is 1.63. The van der Waals surface area contributed by atoms with Crippen LogP contribution in [0.25, 0.3) is 6.08 Å². The van der Waals surface area contributed by atoms with E-state index in [4.69, 9.17) is 21.1 Å². The summed E-state index contributed by atoms with van der Waals surface area (Å²) in [6.07, 6.45) is 3.10. The molecule has 0 unspecified atom stereocenters. The van der Waals surface area contributed by atoms with E-state index in [1.54, 1.807) is 30.8 Å². The Labute approximate surface area is 165 Å². The molecule has 1 N–H and O–H groups in total. The lowest BCUT2D eigenvalue weighted by Crippen LogP contribution is -2.07. The van der Waals surface area contributed by atoms with Crippen LogP contribution in [0.1, 0.15) is 11.1 Å². The van der Waals surface area contributed by atoms with E-state index in [1.165, 1.54) is 17.4 Å². The van der Waals surface area contributed by atoms with Gasteiger partial charge < -0.3 is 9.47 Å². The molecule has 0 spiro atoms. The number of methoxy groups -OCH3 is 1. The molecule has 0 saturated carbocycles. The van der Waals surface area contributed by atoms with Crippen LogP contribution in [0.5, 0.6) is 11.5 Å². The monoisotopic (exact) mass is 401 g/mol. The van der Waals surface area contributed by atoms with Crippen molar-refractivity contribution >= 4 is 40.1 Å². The SMILES string of the molecule is COc1cc(/C=C/C(=O)Nc2nncs2)ccc1OCc1ccc(Cl)cc1. The molecule has 0 atom stereocenters. The minimum Gasteiger partial charge on any atom is -0.493 e. The number of ether oxygens (including phenoxy) is 2. The average Bonchev–Trinajstić information content (AvgIpc) is 3.19. The number of hydrogen-bond acceptors (Lipinski definition) is 6. The van der Waals surface area contributed by atoms with Crippen molar-refractivity contribution < 1.29 is 14.3 Å². The van der Waals surface area contributed by atoms with E-state index in [-0.39, 0.29) is 5.91 Å². The first-order chi connectivity index (χ1) is 13.1. The molecular formula is C19H16ClN3O3S. The van der Waals surface area contributed by atoms with Crippen LogP contribution in [0.2, 0.25) is 5.02 Å². The lowest BCUT2D eigenvalue weighted by Gasteiger charge is -2.11. The molecule has 0 radical (unpaired) electrons. The second-order valence-corrected chi connectivity index (χ2v) is 6.66. The Morgan fingerprint density at radius 1 is 1.22 bits per heavy atom. The highest BCUT2D eigenvalue weighted by Gasteiger charge is 2.06. The summed E-state index contributed by atoms with van der Waals surface area (Å²) < 4.78 is 11.2. The molecule has 27 heavy (non-hydrogen) atoms. The van der Waals surface area contributed by atoms with Gasteiger partial charge in [-0.15, -0.1) is 10.2 Å². The van der Waals surface area contributed by atoms with Gasteiger partial charge in [-0.1, -0.05) is 41.1 Å². The molecule has 3 rings (SSSR count). The fourth-order valence-corrected chi connectivity index (χ4v) is 2.77. The van der Waals surface area contributed by atoms with Gasteiger partial charge in [0.05, 0.1) is 7.11 Å². The number of nitrogens with zero attached hydrogens (tertiary/aromatic N) is 2. The molecule has 1 amide bonds. The van der Waals surface area contributed by atoms with Gasteiger partial charge >= 0.3 is 0 Å². The number of aromatic nitrogens is 2. The summed E-state index contributed by atoms with van der Waals surface area (Å²) in [6.45, 7) is 0.396. The van der Waals surface area contributed by atoms with Gasteiger partial charge in [0.2, 0.25) is 11.0 Å². The van der Waals surface area contributed by atoms with E-state index in [9.17, 15) is 4.79 Å². The van der Waals surface area contributed by atoms with Gasteiger partial charge in [0.25, 0.3) is 0 Å². The van der Waals surface area contributed by atoms with Gasteiger partial charge in [0, 0.05) is 11.1 Å². The van der Waals surface area contributed by atoms with Crippen LogP contribution in [0, 0.1) is 0 Å². The number of halogens is 1. The molecule has 1 aromatic heterocycles. The fourth-order valence-electron chi connectivity index (χ4n) is 2.20. The minimum absolute atomic E-state index is 0.284. The van der Waals surface area contributed by atoms with Gasteiger partial charge in [-0.3, -0.25) is 10.1 Å². The number of rotatable bonds is 7. The number of nitrogens with one attached hydrogen (secondary N) is 1. The molecule has 0 aliphatic carbocycles. The standard InChI is InChI=1S/C19H16ClN3O3S/c1-25-17-10-13(5-9-18(24)22-19-23-21-12-27-19)4-8-16(17)26-11-14-2-6-15(20)7-3-14/h2-10,12H,11H2,1H3,(H,22,23,24)/b9-5+. The Hall–Kier alpha value is -2.90. The quantitative estimate of drug-likeness (QED) is 0.593. The van der Waals surface area contributed by atoms with Crippen molar-refractivity contribution in [2.75, 3.05) is 12.4 Å². The highest BCUT2D eigenvalue weighted by molar-refractivity contribution is 7.13. The minimum atomic E-state index is -0.284. The third-order valence-electron chi connectivity index (χ3n) is 3.51. The molecule has 138 valence electrons. The molecule has 1 heterocycles. The average molecular weight is 402 g/mol.